The highest BCUT2D eigenvalue weighted by Gasteiger charge is 2.14. The van der Waals surface area contributed by atoms with Gasteiger partial charge in [-0.15, -0.1) is 0 Å². The zero-order valence-electron chi connectivity index (χ0n) is 15.7. The van der Waals surface area contributed by atoms with Crippen LogP contribution in [0.4, 0.5) is 23.1 Å². The van der Waals surface area contributed by atoms with E-state index in [1.54, 1.807) is 18.9 Å². The van der Waals surface area contributed by atoms with E-state index in [2.05, 4.69) is 25.6 Å². The van der Waals surface area contributed by atoms with Crippen LogP contribution in [0.5, 0.6) is 0 Å². The van der Waals surface area contributed by atoms with Gasteiger partial charge in [0.2, 0.25) is 17.4 Å². The first-order chi connectivity index (χ1) is 13.1. The van der Waals surface area contributed by atoms with Crippen molar-refractivity contribution >= 4 is 40.1 Å². The molecule has 0 spiro atoms. The number of rotatable bonds is 8. The minimum Gasteiger partial charge on any atom is -0.336 e. The summed E-state index contributed by atoms with van der Waals surface area (Å²) in [6.07, 6.45) is 3.86. The van der Waals surface area contributed by atoms with Crippen LogP contribution < -0.4 is 26.3 Å². The van der Waals surface area contributed by atoms with E-state index >= 15 is 0 Å². The van der Waals surface area contributed by atoms with Crippen molar-refractivity contribution < 1.29 is 9.78 Å². The van der Waals surface area contributed by atoms with Crippen LogP contribution in [-0.4, -0.2) is 36.0 Å². The number of nitrogens with zero attached hydrogens (tertiary/aromatic N) is 2. The number of hydrogen-bond donors (Lipinski definition) is 4. The molecule has 0 saturated carbocycles. The second-order valence-electron chi connectivity index (χ2n) is 6.37. The standard InChI is InChI=1S/C19H25N7O/c1-13(27)26(2)15-7-5-14(6-8-15)23-19-24-17(21-11-4-3-10-20)16-9-12-22-18(16)25-19/h5-9,12H,3-4,10-11,20H2,1-2H3,(H3,21,22,23,24,25)/p+1. The monoisotopic (exact) mass is 368 g/mol. The molecule has 8 nitrogen and oxygen atoms in total. The Morgan fingerprint density at radius 3 is 2.74 bits per heavy atom. The molecule has 0 aliphatic carbocycles. The molecule has 0 unspecified atom stereocenters. The molecule has 0 saturated heterocycles. The highest BCUT2D eigenvalue weighted by molar-refractivity contribution is 5.91. The number of nitrogens with two attached hydrogens (primary N) is 1. The van der Waals surface area contributed by atoms with Crippen LogP contribution in [0.3, 0.4) is 0 Å². The quantitative estimate of drug-likeness (QED) is 0.456. The zero-order chi connectivity index (χ0) is 19.2. The molecule has 0 bridgehead atoms. The van der Waals surface area contributed by atoms with Crippen LogP contribution in [-0.2, 0) is 4.79 Å². The molecule has 8 heteroatoms. The Kier molecular flexibility index (Phi) is 5.87. The first kappa shape index (κ1) is 18.7. The number of aromatic nitrogens is 3. The van der Waals surface area contributed by atoms with Crippen molar-refractivity contribution in [3.8, 4) is 0 Å². The maximum absolute atomic E-state index is 11.5. The van der Waals surface area contributed by atoms with Gasteiger partial charge in [0.1, 0.15) is 0 Å². The van der Waals surface area contributed by atoms with Crippen molar-refractivity contribution in [2.24, 2.45) is 5.73 Å². The molecule has 3 aromatic rings. The molecular weight excluding hydrogens is 342 g/mol. The molecule has 0 aliphatic heterocycles. The van der Waals surface area contributed by atoms with Gasteiger partial charge in [-0.1, -0.05) is 4.98 Å². The number of anilines is 4. The van der Waals surface area contributed by atoms with Gasteiger partial charge in [-0.3, -0.25) is 10.1 Å². The smallest absolute Gasteiger partial charge is 0.336 e. The lowest BCUT2D eigenvalue weighted by Gasteiger charge is -2.14. The molecule has 2 heterocycles. The summed E-state index contributed by atoms with van der Waals surface area (Å²) in [5.41, 5.74) is 8.07. The molecular formula is C19H26N7O+. The Hall–Kier alpha value is -3.13. The lowest BCUT2D eigenvalue weighted by molar-refractivity contribution is -0.345. The SMILES string of the molecule is CC(=O)N(C)c1ccc(Nc2nc3[nH]ccc3c(NCCCCN)[nH+]2)cc1. The zero-order valence-corrected chi connectivity index (χ0v) is 15.7. The fraction of sp³-hybridized carbons (Fsp3) is 0.316. The second kappa shape index (κ2) is 8.50. The predicted molar refractivity (Wildman–Crippen MR) is 108 cm³/mol. The molecule has 3 rings (SSSR count). The highest BCUT2D eigenvalue weighted by atomic mass is 16.2. The Labute approximate surface area is 158 Å². The molecule has 2 aromatic heterocycles. The van der Waals surface area contributed by atoms with Crippen molar-refractivity contribution in [3.05, 3.63) is 36.5 Å². The van der Waals surface area contributed by atoms with Gasteiger partial charge in [0, 0.05) is 32.4 Å². The number of nitrogens with one attached hydrogen (secondary N) is 4. The summed E-state index contributed by atoms with van der Waals surface area (Å²) in [4.78, 5) is 24.1. The van der Waals surface area contributed by atoms with Gasteiger partial charge < -0.3 is 20.9 Å². The van der Waals surface area contributed by atoms with Gasteiger partial charge in [-0.25, -0.2) is 4.98 Å². The number of carbonyl (C=O) groups is 1. The molecule has 1 amide bonds. The van der Waals surface area contributed by atoms with Gasteiger partial charge >= 0.3 is 5.95 Å². The normalized spacial score (nSPS) is 10.8. The average Bonchev–Trinajstić information content (AvgIpc) is 3.14. The minimum atomic E-state index is -0.00624. The van der Waals surface area contributed by atoms with Crippen molar-refractivity contribution in [2.75, 3.05) is 35.7 Å². The number of carbonyl (C=O) groups excluding carboxylic acids is 1. The van der Waals surface area contributed by atoms with Crippen LogP contribution in [0.25, 0.3) is 11.0 Å². The summed E-state index contributed by atoms with van der Waals surface area (Å²) < 4.78 is 0. The molecule has 6 N–H and O–H groups in total. The van der Waals surface area contributed by atoms with E-state index in [0.717, 1.165) is 47.6 Å². The third-order valence-electron chi connectivity index (χ3n) is 4.38. The number of hydrogen-bond acceptors (Lipinski definition) is 5. The maximum atomic E-state index is 11.5. The predicted octanol–water partition coefficient (Wildman–Crippen LogP) is 2.25. The Morgan fingerprint density at radius 1 is 1.26 bits per heavy atom. The van der Waals surface area contributed by atoms with E-state index in [9.17, 15) is 4.79 Å². The number of benzene rings is 1. The second-order valence-corrected chi connectivity index (χ2v) is 6.37. The molecule has 1 aromatic carbocycles. The van der Waals surface area contributed by atoms with Crippen LogP contribution in [0.15, 0.2) is 36.5 Å². The van der Waals surface area contributed by atoms with Crippen molar-refractivity contribution in [2.45, 2.75) is 19.8 Å². The summed E-state index contributed by atoms with van der Waals surface area (Å²) in [5.74, 6) is 1.53. The van der Waals surface area contributed by atoms with E-state index in [0.29, 0.717) is 12.5 Å². The molecule has 0 radical (unpaired) electrons. The van der Waals surface area contributed by atoms with Gasteiger partial charge in [0.25, 0.3) is 0 Å². The van der Waals surface area contributed by atoms with Gasteiger partial charge in [0.15, 0.2) is 0 Å². The Morgan fingerprint density at radius 2 is 2.04 bits per heavy atom. The summed E-state index contributed by atoms with van der Waals surface area (Å²) in [5, 5.41) is 7.70. The minimum absolute atomic E-state index is 0.00624. The molecule has 0 fully saturated rings. The van der Waals surface area contributed by atoms with E-state index in [1.165, 1.54) is 0 Å². The molecule has 27 heavy (non-hydrogen) atoms. The Balaban J connectivity index is 1.77. The van der Waals surface area contributed by atoms with E-state index in [1.807, 2.05) is 36.5 Å². The van der Waals surface area contributed by atoms with Crippen LogP contribution >= 0.6 is 0 Å². The lowest BCUT2D eigenvalue weighted by Crippen LogP contribution is -2.22. The molecule has 0 atom stereocenters. The average molecular weight is 368 g/mol. The van der Waals surface area contributed by atoms with E-state index in [4.69, 9.17) is 5.73 Å². The van der Waals surface area contributed by atoms with Crippen LogP contribution in [0.1, 0.15) is 19.8 Å². The maximum Gasteiger partial charge on any atom is 0.351 e. The first-order valence-electron chi connectivity index (χ1n) is 9.04. The third-order valence-corrected chi connectivity index (χ3v) is 4.38. The third kappa shape index (κ3) is 4.53. The van der Waals surface area contributed by atoms with E-state index < -0.39 is 0 Å². The number of aromatic amines is 2. The largest absolute Gasteiger partial charge is 0.351 e. The van der Waals surface area contributed by atoms with Gasteiger partial charge in [-0.2, -0.15) is 0 Å². The molecule has 0 aliphatic rings. The van der Waals surface area contributed by atoms with Crippen LogP contribution in [0, 0.1) is 0 Å². The summed E-state index contributed by atoms with van der Waals surface area (Å²) in [6, 6.07) is 9.60. The van der Waals surface area contributed by atoms with Gasteiger partial charge in [-0.05, 0) is 49.7 Å². The lowest BCUT2D eigenvalue weighted by atomic mass is 10.2. The summed E-state index contributed by atoms with van der Waals surface area (Å²) >= 11 is 0. The molecule has 142 valence electrons. The van der Waals surface area contributed by atoms with E-state index in [-0.39, 0.29) is 5.91 Å². The fourth-order valence-electron chi connectivity index (χ4n) is 2.75. The van der Waals surface area contributed by atoms with Gasteiger partial charge in [0.05, 0.1) is 11.1 Å². The first-order valence-corrected chi connectivity index (χ1v) is 9.04. The van der Waals surface area contributed by atoms with Crippen molar-refractivity contribution in [1.82, 2.24) is 9.97 Å². The summed E-state index contributed by atoms with van der Waals surface area (Å²) in [7, 11) is 1.75. The Bertz CT molecular complexity index is 904. The fourth-order valence-corrected chi connectivity index (χ4v) is 2.75. The number of unbranched alkanes of at least 4 members (excludes halogenated alkanes) is 1. The number of amides is 1. The number of H-pyrrole nitrogens is 2. The highest BCUT2D eigenvalue weighted by Crippen LogP contribution is 2.21. The topological polar surface area (TPSA) is 113 Å². The van der Waals surface area contributed by atoms with Crippen molar-refractivity contribution in [1.29, 1.82) is 0 Å². The van der Waals surface area contributed by atoms with Crippen LogP contribution in [0.2, 0.25) is 0 Å². The van der Waals surface area contributed by atoms with Crippen molar-refractivity contribution in [3.63, 3.8) is 0 Å². The summed E-state index contributed by atoms with van der Waals surface area (Å²) in [6.45, 7) is 3.07. The number of fused-ring (bicyclic) bond motifs is 1.